The number of halogens is 1. The minimum Gasteiger partial charge on any atom is -0.272 e. The molecule has 0 N–H and O–H groups in total. The number of hydrogen-bond acceptors (Lipinski definition) is 5. The molecule has 0 aliphatic carbocycles. The molecule has 6 nitrogen and oxygen atoms in total. The van der Waals surface area contributed by atoms with Crippen LogP contribution in [-0.2, 0) is 14.8 Å². The van der Waals surface area contributed by atoms with Gasteiger partial charge in [0.25, 0.3) is 5.91 Å². The summed E-state index contributed by atoms with van der Waals surface area (Å²) in [5.41, 5.74) is 0.636. The third-order valence-electron chi connectivity index (χ3n) is 5.37. The summed E-state index contributed by atoms with van der Waals surface area (Å²) in [6.07, 6.45) is 1.99. The molecule has 1 saturated heterocycles. The van der Waals surface area contributed by atoms with Crippen LogP contribution in [0.1, 0.15) is 26.2 Å². The summed E-state index contributed by atoms with van der Waals surface area (Å²) >= 11 is 7.56. The molecule has 0 bridgehead atoms. The molecule has 4 rings (SSSR count). The van der Waals surface area contributed by atoms with Crippen LogP contribution in [0.2, 0.25) is 5.02 Å². The highest BCUT2D eigenvalue weighted by Crippen LogP contribution is 2.32. The first-order chi connectivity index (χ1) is 14.9. The molecule has 2 aromatic carbocycles. The van der Waals surface area contributed by atoms with Crippen LogP contribution in [0.15, 0.2) is 64.5 Å². The first-order valence-electron chi connectivity index (χ1n) is 10.2. The van der Waals surface area contributed by atoms with Gasteiger partial charge in [-0.1, -0.05) is 48.0 Å². The van der Waals surface area contributed by atoms with Crippen molar-refractivity contribution in [3.8, 4) is 0 Å². The fourth-order valence-electron chi connectivity index (χ4n) is 3.82. The van der Waals surface area contributed by atoms with Gasteiger partial charge in [-0.15, -0.1) is 0 Å². The van der Waals surface area contributed by atoms with E-state index in [2.05, 4.69) is 4.99 Å². The Morgan fingerprint density at radius 1 is 1.13 bits per heavy atom. The highest BCUT2D eigenvalue weighted by molar-refractivity contribution is 8.14. The van der Waals surface area contributed by atoms with Crippen molar-refractivity contribution in [2.45, 2.75) is 43.2 Å². The van der Waals surface area contributed by atoms with Crippen LogP contribution in [0.5, 0.6) is 0 Å². The highest BCUT2D eigenvalue weighted by Gasteiger charge is 2.41. The number of amidine groups is 1. The summed E-state index contributed by atoms with van der Waals surface area (Å²) in [7, 11) is -3.79. The SMILES string of the molecule is C[C@H]1CSC(N(C(=O)[C@H]2CCCCN2S(=O)(=O)c2ccccc2)c2ccc(Cl)cc2)=N1. The van der Waals surface area contributed by atoms with Crippen LogP contribution < -0.4 is 4.90 Å². The van der Waals surface area contributed by atoms with Gasteiger partial charge in [-0.25, -0.2) is 8.42 Å². The van der Waals surface area contributed by atoms with E-state index in [0.717, 1.165) is 18.6 Å². The topological polar surface area (TPSA) is 70.1 Å². The van der Waals surface area contributed by atoms with E-state index in [1.807, 2.05) is 6.92 Å². The molecule has 2 atom stereocenters. The van der Waals surface area contributed by atoms with Gasteiger partial charge in [-0.05, 0) is 56.2 Å². The second-order valence-electron chi connectivity index (χ2n) is 7.66. The van der Waals surface area contributed by atoms with Crippen molar-refractivity contribution < 1.29 is 13.2 Å². The third-order valence-corrected chi connectivity index (χ3v) is 8.74. The molecule has 31 heavy (non-hydrogen) atoms. The zero-order valence-corrected chi connectivity index (χ0v) is 19.5. The molecule has 2 aromatic rings. The van der Waals surface area contributed by atoms with Gasteiger partial charge in [0.2, 0.25) is 10.0 Å². The minimum atomic E-state index is -3.79. The predicted molar refractivity (Wildman–Crippen MR) is 126 cm³/mol. The Morgan fingerprint density at radius 2 is 1.84 bits per heavy atom. The Kier molecular flexibility index (Phi) is 6.71. The van der Waals surface area contributed by atoms with Gasteiger partial charge in [0.05, 0.1) is 16.6 Å². The molecular weight excluding hydrogens is 454 g/mol. The standard InChI is InChI=1S/C22H24ClN3O3S2/c1-16-15-30-22(24-16)26(18-12-10-17(23)11-13-18)21(27)20-9-5-6-14-25(20)31(28,29)19-7-3-2-4-8-19/h2-4,7-8,10-13,16,20H,5-6,9,14-15H2,1H3/t16-,20+/m0/s1. The van der Waals surface area contributed by atoms with E-state index in [1.54, 1.807) is 59.5 Å². The van der Waals surface area contributed by atoms with Crippen molar-refractivity contribution in [2.24, 2.45) is 4.99 Å². The molecule has 2 aliphatic rings. The number of piperidine rings is 1. The second-order valence-corrected chi connectivity index (χ2v) is 11.0. The van der Waals surface area contributed by atoms with Crippen molar-refractivity contribution in [2.75, 3.05) is 17.2 Å². The molecule has 9 heteroatoms. The molecule has 2 aliphatic heterocycles. The Hall–Kier alpha value is -1.87. The largest absolute Gasteiger partial charge is 0.272 e. The van der Waals surface area contributed by atoms with E-state index < -0.39 is 16.1 Å². The van der Waals surface area contributed by atoms with E-state index in [4.69, 9.17) is 11.6 Å². The Balaban J connectivity index is 1.72. The van der Waals surface area contributed by atoms with Gasteiger partial charge in [0.1, 0.15) is 6.04 Å². The van der Waals surface area contributed by atoms with E-state index >= 15 is 0 Å². The lowest BCUT2D eigenvalue weighted by atomic mass is 10.0. The quantitative estimate of drug-likeness (QED) is 0.654. The number of hydrogen-bond donors (Lipinski definition) is 0. The average Bonchev–Trinajstić information content (AvgIpc) is 3.21. The number of benzene rings is 2. The molecule has 0 spiro atoms. The van der Waals surface area contributed by atoms with Crippen LogP contribution >= 0.6 is 23.4 Å². The summed E-state index contributed by atoms with van der Waals surface area (Å²) in [6.45, 7) is 2.31. The zero-order chi connectivity index (χ0) is 22.0. The lowest BCUT2D eigenvalue weighted by molar-refractivity contribution is -0.122. The predicted octanol–water partition coefficient (Wildman–Crippen LogP) is 4.41. The molecule has 0 saturated carbocycles. The normalized spacial score (nSPS) is 22.2. The monoisotopic (exact) mass is 477 g/mol. The minimum absolute atomic E-state index is 0.0955. The maximum absolute atomic E-state index is 13.9. The Morgan fingerprint density at radius 3 is 2.48 bits per heavy atom. The molecule has 0 radical (unpaired) electrons. The highest BCUT2D eigenvalue weighted by atomic mass is 35.5. The van der Waals surface area contributed by atoms with Crippen LogP contribution in [0, 0.1) is 0 Å². The number of carbonyl (C=O) groups excluding carboxylic acids is 1. The number of sulfonamides is 1. The number of nitrogens with zero attached hydrogens (tertiary/aromatic N) is 3. The Bertz CT molecular complexity index is 1070. The molecule has 1 fully saturated rings. The second kappa shape index (κ2) is 9.32. The van der Waals surface area contributed by atoms with Crippen LogP contribution in [0.4, 0.5) is 5.69 Å². The van der Waals surface area contributed by atoms with E-state index in [1.165, 1.54) is 16.1 Å². The first-order valence-corrected chi connectivity index (χ1v) is 13.1. The summed E-state index contributed by atoms with van der Waals surface area (Å²) < 4.78 is 28.1. The maximum Gasteiger partial charge on any atom is 0.251 e. The first kappa shape index (κ1) is 22.3. The third kappa shape index (κ3) is 4.67. The van der Waals surface area contributed by atoms with Gasteiger partial charge in [0, 0.05) is 17.3 Å². The van der Waals surface area contributed by atoms with E-state index in [0.29, 0.717) is 28.8 Å². The fraction of sp³-hybridized carbons (Fsp3) is 0.364. The molecular formula is C22H24ClN3O3S2. The van der Waals surface area contributed by atoms with Gasteiger partial charge in [-0.3, -0.25) is 14.7 Å². The average molecular weight is 478 g/mol. The number of carbonyl (C=O) groups is 1. The van der Waals surface area contributed by atoms with Gasteiger partial charge in [0.15, 0.2) is 5.17 Å². The molecule has 164 valence electrons. The summed E-state index contributed by atoms with van der Waals surface area (Å²) in [6, 6.07) is 14.6. The van der Waals surface area contributed by atoms with Crippen molar-refractivity contribution in [1.29, 1.82) is 0 Å². The number of aliphatic imine (C=N–C) groups is 1. The number of rotatable bonds is 4. The van der Waals surface area contributed by atoms with Crippen molar-refractivity contribution in [1.82, 2.24) is 4.31 Å². The zero-order valence-electron chi connectivity index (χ0n) is 17.1. The van der Waals surface area contributed by atoms with Crippen LogP contribution in [0.25, 0.3) is 0 Å². The molecule has 2 heterocycles. The fourth-order valence-corrected chi connectivity index (χ4v) is 6.66. The van der Waals surface area contributed by atoms with Crippen molar-refractivity contribution in [3.63, 3.8) is 0 Å². The van der Waals surface area contributed by atoms with Crippen molar-refractivity contribution >= 4 is 50.1 Å². The lowest BCUT2D eigenvalue weighted by Gasteiger charge is -2.36. The summed E-state index contributed by atoms with van der Waals surface area (Å²) in [4.78, 5) is 20.3. The summed E-state index contributed by atoms with van der Waals surface area (Å²) in [5.74, 6) is 0.505. The van der Waals surface area contributed by atoms with E-state index in [9.17, 15) is 13.2 Å². The maximum atomic E-state index is 13.9. The molecule has 0 aromatic heterocycles. The number of thioether (sulfide) groups is 1. The lowest BCUT2D eigenvalue weighted by Crippen LogP contribution is -2.54. The van der Waals surface area contributed by atoms with Gasteiger partial charge < -0.3 is 0 Å². The molecule has 0 unspecified atom stereocenters. The molecule has 1 amide bonds. The Labute approximate surface area is 192 Å². The van der Waals surface area contributed by atoms with Crippen LogP contribution in [-0.4, -0.2) is 48.2 Å². The van der Waals surface area contributed by atoms with E-state index in [-0.39, 0.29) is 16.8 Å². The smallest absolute Gasteiger partial charge is 0.251 e. The summed E-state index contributed by atoms with van der Waals surface area (Å²) in [5, 5.41) is 1.17. The van der Waals surface area contributed by atoms with Gasteiger partial charge in [-0.2, -0.15) is 4.31 Å². The van der Waals surface area contributed by atoms with Crippen molar-refractivity contribution in [3.05, 3.63) is 59.6 Å². The van der Waals surface area contributed by atoms with Crippen LogP contribution in [0.3, 0.4) is 0 Å². The number of amides is 1. The van der Waals surface area contributed by atoms with Gasteiger partial charge >= 0.3 is 0 Å². The number of anilines is 1.